The Morgan fingerprint density at radius 2 is 2.21 bits per heavy atom. The van der Waals surface area contributed by atoms with Gasteiger partial charge < -0.3 is 15.2 Å². The second kappa shape index (κ2) is 5.98. The third-order valence-electron chi connectivity index (χ3n) is 2.88. The van der Waals surface area contributed by atoms with E-state index in [-0.39, 0.29) is 25.2 Å². The highest BCUT2D eigenvalue weighted by atomic mass is 16.5. The predicted molar refractivity (Wildman–Crippen MR) is 52.9 cm³/mol. The summed E-state index contributed by atoms with van der Waals surface area (Å²) in [4.78, 5) is 10.9. The number of esters is 1. The average Bonchev–Trinajstić information content (AvgIpc) is 2.26. The lowest BCUT2D eigenvalue weighted by atomic mass is 9.85. The molecule has 4 nitrogen and oxygen atoms in total. The van der Waals surface area contributed by atoms with Crippen molar-refractivity contribution in [1.29, 1.82) is 0 Å². The van der Waals surface area contributed by atoms with Gasteiger partial charge in [0.1, 0.15) is 0 Å². The first-order valence-corrected chi connectivity index (χ1v) is 5.19. The Hall–Kier alpha value is -0.610. The van der Waals surface area contributed by atoms with E-state index < -0.39 is 0 Å². The van der Waals surface area contributed by atoms with Crippen molar-refractivity contribution in [2.45, 2.75) is 31.7 Å². The van der Waals surface area contributed by atoms with Crippen LogP contribution in [-0.2, 0) is 9.53 Å². The van der Waals surface area contributed by atoms with Gasteiger partial charge in [0, 0.05) is 12.6 Å². The van der Waals surface area contributed by atoms with Gasteiger partial charge in [-0.15, -0.1) is 0 Å². The van der Waals surface area contributed by atoms with Crippen molar-refractivity contribution in [3.8, 4) is 0 Å². The van der Waals surface area contributed by atoms with Gasteiger partial charge in [-0.2, -0.15) is 0 Å². The number of nitrogens with one attached hydrogen (secondary N) is 1. The van der Waals surface area contributed by atoms with Gasteiger partial charge in [-0.1, -0.05) is 12.8 Å². The summed E-state index contributed by atoms with van der Waals surface area (Å²) in [6, 6.07) is 0.271. The minimum absolute atomic E-state index is 0.207. The van der Waals surface area contributed by atoms with Gasteiger partial charge in [-0.05, 0) is 18.8 Å². The first kappa shape index (κ1) is 11.5. The number of aliphatic hydroxyl groups excluding tert-OH is 1. The van der Waals surface area contributed by atoms with Crippen LogP contribution in [0.15, 0.2) is 0 Å². The van der Waals surface area contributed by atoms with E-state index in [2.05, 4.69) is 10.1 Å². The fourth-order valence-electron chi connectivity index (χ4n) is 1.98. The molecular weight excluding hydrogens is 182 g/mol. The first-order valence-electron chi connectivity index (χ1n) is 5.19. The van der Waals surface area contributed by atoms with Crippen molar-refractivity contribution in [3.63, 3.8) is 0 Å². The SMILES string of the molecule is COC(=O)CN[C@H]1CCCC[C@@H]1CO. The third kappa shape index (κ3) is 3.27. The fourth-order valence-corrected chi connectivity index (χ4v) is 1.98. The summed E-state index contributed by atoms with van der Waals surface area (Å²) < 4.78 is 4.55. The average molecular weight is 201 g/mol. The number of carbonyl (C=O) groups is 1. The first-order chi connectivity index (χ1) is 6.77. The smallest absolute Gasteiger partial charge is 0.319 e. The molecule has 1 fully saturated rings. The van der Waals surface area contributed by atoms with E-state index in [9.17, 15) is 4.79 Å². The molecule has 0 radical (unpaired) electrons. The number of rotatable bonds is 4. The summed E-state index contributed by atoms with van der Waals surface area (Å²) in [5, 5.41) is 12.3. The van der Waals surface area contributed by atoms with Gasteiger partial charge in [0.15, 0.2) is 0 Å². The molecule has 0 saturated heterocycles. The molecule has 0 bridgehead atoms. The lowest BCUT2D eigenvalue weighted by molar-refractivity contribution is -0.139. The number of hydrogen-bond donors (Lipinski definition) is 2. The van der Waals surface area contributed by atoms with Gasteiger partial charge in [-0.25, -0.2) is 0 Å². The molecule has 2 atom stereocenters. The largest absolute Gasteiger partial charge is 0.468 e. The second-order valence-electron chi connectivity index (χ2n) is 3.79. The summed E-state index contributed by atoms with van der Waals surface area (Å²) in [7, 11) is 1.38. The van der Waals surface area contributed by atoms with Crippen LogP contribution in [0, 0.1) is 5.92 Å². The highest BCUT2D eigenvalue weighted by Crippen LogP contribution is 2.23. The molecule has 2 N–H and O–H groups in total. The molecule has 0 heterocycles. The molecule has 0 aromatic heterocycles. The van der Waals surface area contributed by atoms with Crippen LogP contribution in [0.3, 0.4) is 0 Å². The normalized spacial score (nSPS) is 27.3. The Kier molecular flexibility index (Phi) is 4.90. The number of hydrogen-bond acceptors (Lipinski definition) is 4. The van der Waals surface area contributed by atoms with E-state index >= 15 is 0 Å². The summed E-state index contributed by atoms with van der Waals surface area (Å²) in [6.45, 7) is 0.455. The van der Waals surface area contributed by atoms with Gasteiger partial charge in [0.05, 0.1) is 13.7 Å². The van der Waals surface area contributed by atoms with Crippen molar-refractivity contribution in [2.75, 3.05) is 20.3 Å². The Bertz CT molecular complexity index is 184. The summed E-state index contributed by atoms with van der Waals surface area (Å²) >= 11 is 0. The zero-order chi connectivity index (χ0) is 10.4. The number of ether oxygens (including phenoxy) is 1. The molecule has 0 aromatic carbocycles. The van der Waals surface area contributed by atoms with Crippen molar-refractivity contribution in [2.24, 2.45) is 5.92 Å². The summed E-state index contributed by atoms with van der Waals surface area (Å²) in [6.07, 6.45) is 4.45. The molecule has 0 spiro atoms. The third-order valence-corrected chi connectivity index (χ3v) is 2.88. The molecule has 82 valence electrons. The van der Waals surface area contributed by atoms with Crippen molar-refractivity contribution >= 4 is 5.97 Å². The standard InChI is InChI=1S/C10H19NO3/c1-14-10(13)6-11-9-5-3-2-4-8(9)7-12/h8-9,11-12H,2-7H2,1H3/t8-,9+/m1/s1. The Morgan fingerprint density at radius 3 is 2.86 bits per heavy atom. The molecule has 14 heavy (non-hydrogen) atoms. The van der Waals surface area contributed by atoms with E-state index in [1.165, 1.54) is 20.0 Å². The van der Waals surface area contributed by atoms with Gasteiger partial charge in [-0.3, -0.25) is 4.79 Å². The van der Waals surface area contributed by atoms with Gasteiger partial charge >= 0.3 is 5.97 Å². The molecule has 1 aliphatic rings. The van der Waals surface area contributed by atoms with Crippen LogP contribution in [0.4, 0.5) is 0 Å². The fraction of sp³-hybridized carbons (Fsp3) is 0.900. The predicted octanol–water partition coefficient (Wildman–Crippen LogP) is 0.300. The van der Waals surface area contributed by atoms with Crippen LogP contribution >= 0.6 is 0 Å². The quantitative estimate of drug-likeness (QED) is 0.642. The molecule has 4 heteroatoms. The van der Waals surface area contributed by atoms with Crippen LogP contribution in [0.1, 0.15) is 25.7 Å². The second-order valence-corrected chi connectivity index (χ2v) is 3.79. The molecule has 1 rings (SSSR count). The topological polar surface area (TPSA) is 58.6 Å². The van der Waals surface area contributed by atoms with E-state index in [4.69, 9.17) is 5.11 Å². The maximum atomic E-state index is 10.9. The van der Waals surface area contributed by atoms with Crippen molar-refractivity contribution < 1.29 is 14.6 Å². The maximum Gasteiger partial charge on any atom is 0.319 e. The van der Waals surface area contributed by atoms with Crippen LogP contribution in [0.2, 0.25) is 0 Å². The Labute approximate surface area is 84.6 Å². The summed E-state index contributed by atoms with van der Waals surface area (Å²) in [5.74, 6) is 0.0562. The molecule has 1 saturated carbocycles. The highest BCUT2D eigenvalue weighted by Gasteiger charge is 2.24. The maximum absolute atomic E-state index is 10.9. The molecule has 0 aromatic rings. The molecule has 0 unspecified atom stereocenters. The van der Waals surface area contributed by atoms with E-state index in [0.29, 0.717) is 5.92 Å². The minimum atomic E-state index is -0.243. The minimum Gasteiger partial charge on any atom is -0.468 e. The zero-order valence-corrected chi connectivity index (χ0v) is 8.66. The zero-order valence-electron chi connectivity index (χ0n) is 8.66. The molecule has 0 amide bonds. The molecule has 0 aliphatic heterocycles. The van der Waals surface area contributed by atoms with Crippen molar-refractivity contribution in [1.82, 2.24) is 5.32 Å². The lowest BCUT2D eigenvalue weighted by Crippen LogP contribution is -2.42. The number of aliphatic hydroxyl groups is 1. The lowest BCUT2D eigenvalue weighted by Gasteiger charge is -2.30. The number of carbonyl (C=O) groups excluding carboxylic acids is 1. The van der Waals surface area contributed by atoms with Crippen LogP contribution < -0.4 is 5.32 Å². The van der Waals surface area contributed by atoms with Crippen molar-refractivity contribution in [3.05, 3.63) is 0 Å². The van der Waals surface area contributed by atoms with Gasteiger partial charge in [0.2, 0.25) is 0 Å². The van der Waals surface area contributed by atoms with E-state index in [0.717, 1.165) is 12.8 Å². The monoisotopic (exact) mass is 201 g/mol. The summed E-state index contributed by atoms with van der Waals surface area (Å²) in [5.41, 5.74) is 0. The Balaban J connectivity index is 2.29. The van der Waals surface area contributed by atoms with Gasteiger partial charge in [0.25, 0.3) is 0 Å². The Morgan fingerprint density at radius 1 is 1.50 bits per heavy atom. The molecule has 1 aliphatic carbocycles. The van der Waals surface area contributed by atoms with Crippen LogP contribution in [0.5, 0.6) is 0 Å². The van der Waals surface area contributed by atoms with Crippen LogP contribution in [0.25, 0.3) is 0 Å². The van der Waals surface area contributed by atoms with E-state index in [1.807, 2.05) is 0 Å². The molecular formula is C10H19NO3. The van der Waals surface area contributed by atoms with Crippen LogP contribution in [-0.4, -0.2) is 37.4 Å². The number of methoxy groups -OCH3 is 1. The highest BCUT2D eigenvalue weighted by molar-refractivity contribution is 5.71. The van der Waals surface area contributed by atoms with E-state index in [1.54, 1.807) is 0 Å².